The predicted molar refractivity (Wildman–Crippen MR) is 96.3 cm³/mol. The molecule has 3 aromatic rings. The standard InChI is InChI=1S/C22H19F3O/c23-18-10-9-17-16-8-7-15(19(24)21(16)26-22(17)20(18)25)14-5-3-13(4-6-14)11-12-1-2-12/h5,7-10,12-13H,1-4,6,11H2. The minimum Gasteiger partial charge on any atom is -0.450 e. The lowest BCUT2D eigenvalue weighted by Crippen LogP contribution is -2.07. The Morgan fingerprint density at radius 3 is 2.27 bits per heavy atom. The van der Waals surface area contributed by atoms with Crippen molar-refractivity contribution in [2.45, 2.75) is 38.5 Å². The number of hydrogen-bond acceptors (Lipinski definition) is 1. The van der Waals surface area contributed by atoms with Crippen LogP contribution in [0.5, 0.6) is 0 Å². The van der Waals surface area contributed by atoms with Gasteiger partial charge in [0.1, 0.15) is 0 Å². The van der Waals surface area contributed by atoms with Gasteiger partial charge < -0.3 is 4.42 Å². The van der Waals surface area contributed by atoms with Gasteiger partial charge in [-0.2, -0.15) is 4.39 Å². The highest BCUT2D eigenvalue weighted by molar-refractivity contribution is 6.06. The smallest absolute Gasteiger partial charge is 0.201 e. The van der Waals surface area contributed by atoms with Crippen LogP contribution < -0.4 is 0 Å². The van der Waals surface area contributed by atoms with Crippen LogP contribution in [0.1, 0.15) is 44.1 Å². The first-order valence-corrected chi connectivity index (χ1v) is 9.30. The van der Waals surface area contributed by atoms with Crippen LogP contribution in [0.15, 0.2) is 34.8 Å². The van der Waals surface area contributed by atoms with Gasteiger partial charge in [0.15, 0.2) is 22.8 Å². The summed E-state index contributed by atoms with van der Waals surface area (Å²) < 4.78 is 47.9. The molecule has 2 aromatic carbocycles. The van der Waals surface area contributed by atoms with Gasteiger partial charge in [0, 0.05) is 16.3 Å². The Kier molecular flexibility index (Phi) is 3.63. The molecule has 1 heterocycles. The molecule has 1 atom stereocenters. The first-order valence-electron chi connectivity index (χ1n) is 9.30. The van der Waals surface area contributed by atoms with Crippen molar-refractivity contribution in [3.63, 3.8) is 0 Å². The largest absolute Gasteiger partial charge is 0.450 e. The van der Waals surface area contributed by atoms with E-state index >= 15 is 4.39 Å². The minimum atomic E-state index is -1.07. The molecule has 0 saturated heterocycles. The third-order valence-electron chi connectivity index (χ3n) is 5.87. The maximum atomic E-state index is 15.1. The number of allylic oxidation sites excluding steroid dienone is 2. The maximum absolute atomic E-state index is 15.1. The highest BCUT2D eigenvalue weighted by Crippen LogP contribution is 2.42. The van der Waals surface area contributed by atoms with Crippen LogP contribution in [-0.4, -0.2) is 0 Å². The van der Waals surface area contributed by atoms with Gasteiger partial charge in [0.2, 0.25) is 5.82 Å². The van der Waals surface area contributed by atoms with Crippen LogP contribution in [0.4, 0.5) is 13.2 Å². The summed E-state index contributed by atoms with van der Waals surface area (Å²) >= 11 is 0. The van der Waals surface area contributed by atoms with E-state index in [1.54, 1.807) is 12.1 Å². The second-order valence-corrected chi connectivity index (χ2v) is 7.69. The lowest BCUT2D eigenvalue weighted by atomic mass is 9.83. The van der Waals surface area contributed by atoms with Crippen molar-refractivity contribution in [3.8, 4) is 0 Å². The molecule has 26 heavy (non-hydrogen) atoms. The number of benzene rings is 2. The van der Waals surface area contributed by atoms with Crippen molar-refractivity contribution < 1.29 is 17.6 Å². The number of rotatable bonds is 3. The summed E-state index contributed by atoms with van der Waals surface area (Å²) in [7, 11) is 0. The van der Waals surface area contributed by atoms with Crippen molar-refractivity contribution in [1.29, 1.82) is 0 Å². The Morgan fingerprint density at radius 2 is 1.58 bits per heavy atom. The van der Waals surface area contributed by atoms with Crippen molar-refractivity contribution >= 4 is 27.5 Å². The Bertz CT molecular complexity index is 1040. The molecule has 0 amide bonds. The Labute approximate surface area is 149 Å². The average Bonchev–Trinajstić information content (AvgIpc) is 3.37. The zero-order valence-corrected chi connectivity index (χ0v) is 14.3. The van der Waals surface area contributed by atoms with E-state index < -0.39 is 17.5 Å². The molecule has 2 aliphatic carbocycles. The van der Waals surface area contributed by atoms with Gasteiger partial charge in [-0.1, -0.05) is 25.0 Å². The summed E-state index contributed by atoms with van der Waals surface area (Å²) in [6.07, 6.45) is 9.08. The molecule has 0 radical (unpaired) electrons. The van der Waals surface area contributed by atoms with E-state index in [4.69, 9.17) is 4.42 Å². The van der Waals surface area contributed by atoms with E-state index in [1.807, 2.05) is 0 Å². The zero-order valence-electron chi connectivity index (χ0n) is 14.3. The molecule has 5 rings (SSSR count). The molecular weight excluding hydrogens is 337 g/mol. The first kappa shape index (κ1) is 16.0. The fraction of sp³-hybridized carbons (Fsp3) is 0.364. The third-order valence-corrected chi connectivity index (χ3v) is 5.87. The van der Waals surface area contributed by atoms with Gasteiger partial charge in [0.05, 0.1) is 0 Å². The van der Waals surface area contributed by atoms with Crippen LogP contribution in [0.2, 0.25) is 0 Å². The van der Waals surface area contributed by atoms with E-state index in [9.17, 15) is 8.78 Å². The Balaban J connectivity index is 1.54. The van der Waals surface area contributed by atoms with Crippen molar-refractivity contribution in [1.82, 2.24) is 0 Å². The Morgan fingerprint density at radius 1 is 0.846 bits per heavy atom. The number of fused-ring (bicyclic) bond motifs is 3. The topological polar surface area (TPSA) is 13.1 Å². The van der Waals surface area contributed by atoms with Gasteiger partial charge in [-0.15, -0.1) is 0 Å². The van der Waals surface area contributed by atoms with Gasteiger partial charge in [-0.25, -0.2) is 8.78 Å². The summed E-state index contributed by atoms with van der Waals surface area (Å²) in [4.78, 5) is 0. The molecule has 0 N–H and O–H groups in total. The van der Waals surface area contributed by atoms with Crippen LogP contribution >= 0.6 is 0 Å². The van der Waals surface area contributed by atoms with E-state index in [1.165, 1.54) is 25.3 Å². The minimum absolute atomic E-state index is 0.00278. The molecule has 1 unspecified atom stereocenters. The predicted octanol–water partition coefficient (Wildman–Crippen LogP) is 6.99. The van der Waals surface area contributed by atoms with Crippen LogP contribution in [0, 0.1) is 29.3 Å². The molecule has 0 aliphatic heterocycles. The monoisotopic (exact) mass is 356 g/mol. The maximum Gasteiger partial charge on any atom is 0.201 e. The summed E-state index contributed by atoms with van der Waals surface area (Å²) in [5.74, 6) is -0.922. The van der Waals surface area contributed by atoms with E-state index in [-0.39, 0.29) is 11.2 Å². The molecule has 134 valence electrons. The highest BCUT2D eigenvalue weighted by Gasteiger charge is 2.27. The summed E-state index contributed by atoms with van der Waals surface area (Å²) in [5.41, 5.74) is 1.28. The summed E-state index contributed by atoms with van der Waals surface area (Å²) in [6.45, 7) is 0. The second-order valence-electron chi connectivity index (χ2n) is 7.69. The molecule has 0 bridgehead atoms. The third kappa shape index (κ3) is 2.54. The lowest BCUT2D eigenvalue weighted by Gasteiger charge is -2.22. The number of halogens is 3. The van der Waals surface area contributed by atoms with Gasteiger partial charge >= 0.3 is 0 Å². The number of furan rings is 1. The van der Waals surface area contributed by atoms with Crippen LogP contribution in [0.25, 0.3) is 27.5 Å². The average molecular weight is 356 g/mol. The molecule has 4 heteroatoms. The molecule has 1 aromatic heterocycles. The molecule has 0 spiro atoms. The first-order chi connectivity index (χ1) is 12.6. The SMILES string of the molecule is Fc1ccc2c(oc3c(F)c(C4=CCC(CC5CC5)CC4)ccc32)c1F. The normalized spacial score (nSPS) is 20.7. The quantitative estimate of drug-likeness (QED) is 0.493. The van der Waals surface area contributed by atoms with E-state index in [0.29, 0.717) is 22.3 Å². The van der Waals surface area contributed by atoms with Crippen molar-refractivity contribution in [3.05, 3.63) is 53.4 Å². The zero-order chi connectivity index (χ0) is 17.8. The molecular formula is C22H19F3O. The molecule has 1 saturated carbocycles. The fourth-order valence-corrected chi connectivity index (χ4v) is 4.23. The summed E-state index contributed by atoms with van der Waals surface area (Å²) in [6, 6.07) is 5.96. The van der Waals surface area contributed by atoms with Crippen molar-refractivity contribution in [2.75, 3.05) is 0 Å². The molecule has 1 nitrogen and oxygen atoms in total. The van der Waals surface area contributed by atoms with Gasteiger partial charge in [-0.05, 0) is 61.3 Å². The Hall–Kier alpha value is -2.23. The lowest BCUT2D eigenvalue weighted by molar-refractivity contribution is 0.424. The fourth-order valence-electron chi connectivity index (χ4n) is 4.23. The van der Waals surface area contributed by atoms with Crippen LogP contribution in [0.3, 0.4) is 0 Å². The second kappa shape index (κ2) is 5.90. The highest BCUT2D eigenvalue weighted by atomic mass is 19.2. The number of hydrogen-bond donors (Lipinski definition) is 0. The van der Waals surface area contributed by atoms with E-state index in [0.717, 1.165) is 36.8 Å². The molecule has 2 aliphatic rings. The van der Waals surface area contributed by atoms with Crippen molar-refractivity contribution in [2.24, 2.45) is 11.8 Å². The van der Waals surface area contributed by atoms with Gasteiger partial charge in [0.25, 0.3) is 0 Å². The van der Waals surface area contributed by atoms with Gasteiger partial charge in [-0.3, -0.25) is 0 Å². The summed E-state index contributed by atoms with van der Waals surface area (Å²) in [5, 5.41) is 0.870. The van der Waals surface area contributed by atoms with E-state index in [2.05, 4.69) is 6.08 Å². The van der Waals surface area contributed by atoms with Crippen LogP contribution in [-0.2, 0) is 0 Å². The molecule has 1 fully saturated rings.